The molecule has 144 valence electrons. The maximum absolute atomic E-state index is 12.4. The van der Waals surface area contributed by atoms with Crippen molar-refractivity contribution in [3.8, 4) is 0 Å². The van der Waals surface area contributed by atoms with Gasteiger partial charge in [-0.2, -0.15) is 0 Å². The van der Waals surface area contributed by atoms with Gasteiger partial charge in [0.05, 0.1) is 13.2 Å². The quantitative estimate of drug-likeness (QED) is 0.591. The van der Waals surface area contributed by atoms with E-state index < -0.39 is 36.2 Å². The normalized spacial score (nSPS) is 14.1. The van der Waals surface area contributed by atoms with Crippen LogP contribution in [0.15, 0.2) is 30.3 Å². The number of hydrogen-bond donors (Lipinski definition) is 3. The molecule has 0 bridgehead atoms. The van der Waals surface area contributed by atoms with Gasteiger partial charge in [0.15, 0.2) is 6.04 Å². The van der Waals surface area contributed by atoms with Crippen LogP contribution in [0.5, 0.6) is 0 Å². The Bertz CT molecular complexity index is 603. The van der Waals surface area contributed by atoms with Gasteiger partial charge >= 0.3 is 12.1 Å². The number of nitrogens with one attached hydrogen (secondary N) is 2. The van der Waals surface area contributed by atoms with Crippen molar-refractivity contribution in [1.82, 2.24) is 10.6 Å². The molecule has 0 aromatic heterocycles. The SMILES string of the molecule is COC(=O)[C@@H](NC(=O)[C@@H](NC(=O)OCc1ccccc1)C(C)C)[C@@H](C)O. The number of carbonyl (C=O) groups excluding carboxylic acids is 3. The summed E-state index contributed by atoms with van der Waals surface area (Å²) >= 11 is 0. The average Bonchev–Trinajstić information content (AvgIpc) is 2.61. The minimum absolute atomic E-state index is 0.0670. The Kier molecular flexibility index (Phi) is 8.57. The van der Waals surface area contributed by atoms with Gasteiger partial charge in [-0.3, -0.25) is 4.79 Å². The van der Waals surface area contributed by atoms with Gasteiger partial charge < -0.3 is 25.2 Å². The van der Waals surface area contributed by atoms with Crippen LogP contribution in [0.25, 0.3) is 0 Å². The van der Waals surface area contributed by atoms with Crippen LogP contribution in [0.3, 0.4) is 0 Å². The van der Waals surface area contributed by atoms with E-state index in [4.69, 9.17) is 4.74 Å². The van der Waals surface area contributed by atoms with E-state index in [0.717, 1.165) is 12.7 Å². The first-order valence-electron chi connectivity index (χ1n) is 8.29. The highest BCUT2D eigenvalue weighted by atomic mass is 16.5. The van der Waals surface area contributed by atoms with Crippen molar-refractivity contribution < 1.29 is 29.0 Å². The fraction of sp³-hybridized carbons (Fsp3) is 0.500. The molecule has 0 saturated carbocycles. The maximum Gasteiger partial charge on any atom is 0.408 e. The molecule has 0 aliphatic heterocycles. The van der Waals surface area contributed by atoms with Gasteiger partial charge in [0.2, 0.25) is 5.91 Å². The largest absolute Gasteiger partial charge is 0.467 e. The van der Waals surface area contributed by atoms with Gasteiger partial charge in [0, 0.05) is 0 Å². The van der Waals surface area contributed by atoms with E-state index in [2.05, 4.69) is 15.4 Å². The molecule has 3 N–H and O–H groups in total. The van der Waals surface area contributed by atoms with Crippen molar-refractivity contribution in [2.45, 2.75) is 45.6 Å². The van der Waals surface area contributed by atoms with E-state index in [1.54, 1.807) is 13.8 Å². The molecule has 1 aromatic carbocycles. The van der Waals surface area contributed by atoms with E-state index in [9.17, 15) is 19.5 Å². The summed E-state index contributed by atoms with van der Waals surface area (Å²) in [5.74, 6) is -1.66. The van der Waals surface area contributed by atoms with Crippen molar-refractivity contribution in [1.29, 1.82) is 0 Å². The van der Waals surface area contributed by atoms with Crippen molar-refractivity contribution in [2.24, 2.45) is 5.92 Å². The van der Waals surface area contributed by atoms with Crippen LogP contribution in [-0.4, -0.2) is 48.4 Å². The fourth-order valence-electron chi connectivity index (χ4n) is 2.17. The topological polar surface area (TPSA) is 114 Å². The number of ether oxygens (including phenoxy) is 2. The number of rotatable bonds is 8. The number of aliphatic hydroxyl groups is 1. The predicted octanol–water partition coefficient (Wildman–Crippen LogP) is 0.976. The number of esters is 1. The van der Waals surface area contributed by atoms with Gasteiger partial charge in [-0.25, -0.2) is 9.59 Å². The third kappa shape index (κ3) is 6.72. The molecule has 0 fully saturated rings. The van der Waals surface area contributed by atoms with Crippen LogP contribution < -0.4 is 10.6 Å². The highest BCUT2D eigenvalue weighted by molar-refractivity contribution is 5.90. The smallest absolute Gasteiger partial charge is 0.408 e. The summed E-state index contributed by atoms with van der Waals surface area (Å²) in [5, 5.41) is 14.5. The summed E-state index contributed by atoms with van der Waals surface area (Å²) in [4.78, 5) is 36.1. The zero-order chi connectivity index (χ0) is 19.7. The zero-order valence-electron chi connectivity index (χ0n) is 15.4. The molecular weight excluding hydrogens is 340 g/mol. The Morgan fingerprint density at radius 3 is 2.15 bits per heavy atom. The van der Waals surface area contributed by atoms with Crippen molar-refractivity contribution in [2.75, 3.05) is 7.11 Å². The molecule has 26 heavy (non-hydrogen) atoms. The van der Waals surface area contributed by atoms with Crippen LogP contribution in [-0.2, 0) is 25.7 Å². The Balaban J connectivity index is 2.67. The second-order valence-corrected chi connectivity index (χ2v) is 6.18. The van der Waals surface area contributed by atoms with E-state index in [1.807, 2.05) is 30.3 Å². The fourth-order valence-corrected chi connectivity index (χ4v) is 2.17. The standard InChI is InChI=1S/C18H26N2O6/c1-11(2)14(16(22)19-15(12(3)21)17(23)25-4)20-18(24)26-10-13-8-6-5-7-9-13/h5-9,11-12,14-15,21H,10H2,1-4H3,(H,19,22)(H,20,24)/t12-,14+,15+/m1/s1. The Labute approximate surface area is 152 Å². The van der Waals surface area contributed by atoms with Crippen LogP contribution in [0, 0.1) is 5.92 Å². The van der Waals surface area contributed by atoms with E-state index >= 15 is 0 Å². The van der Waals surface area contributed by atoms with Crippen LogP contribution in [0.1, 0.15) is 26.3 Å². The second-order valence-electron chi connectivity index (χ2n) is 6.18. The monoisotopic (exact) mass is 366 g/mol. The number of aliphatic hydroxyl groups excluding tert-OH is 1. The van der Waals surface area contributed by atoms with Crippen LogP contribution >= 0.6 is 0 Å². The van der Waals surface area contributed by atoms with Gasteiger partial charge in [0.1, 0.15) is 12.6 Å². The summed E-state index contributed by atoms with van der Waals surface area (Å²) in [5.41, 5.74) is 0.813. The minimum Gasteiger partial charge on any atom is -0.467 e. The first-order chi connectivity index (χ1) is 12.3. The Morgan fingerprint density at radius 2 is 1.65 bits per heavy atom. The molecule has 1 rings (SSSR count). The second kappa shape index (κ2) is 10.4. The highest BCUT2D eigenvalue weighted by Gasteiger charge is 2.31. The lowest BCUT2D eigenvalue weighted by atomic mass is 10.0. The summed E-state index contributed by atoms with van der Waals surface area (Å²) in [7, 11) is 1.16. The van der Waals surface area contributed by atoms with Gasteiger partial charge in [-0.15, -0.1) is 0 Å². The molecule has 0 saturated heterocycles. The molecule has 1 aromatic rings. The number of carbonyl (C=O) groups is 3. The summed E-state index contributed by atoms with van der Waals surface area (Å²) in [6.45, 7) is 4.89. The van der Waals surface area contributed by atoms with E-state index in [-0.39, 0.29) is 12.5 Å². The predicted molar refractivity (Wildman–Crippen MR) is 94.0 cm³/mol. The number of hydrogen-bond acceptors (Lipinski definition) is 6. The van der Waals surface area contributed by atoms with Gasteiger partial charge in [-0.1, -0.05) is 44.2 Å². The lowest BCUT2D eigenvalue weighted by Crippen LogP contribution is -2.56. The third-order valence-corrected chi connectivity index (χ3v) is 3.67. The Hall–Kier alpha value is -2.61. The minimum atomic E-state index is -1.23. The number of benzene rings is 1. The molecule has 0 unspecified atom stereocenters. The highest BCUT2D eigenvalue weighted by Crippen LogP contribution is 2.06. The first-order valence-corrected chi connectivity index (χ1v) is 8.29. The molecule has 0 heterocycles. The number of amides is 2. The lowest BCUT2D eigenvalue weighted by Gasteiger charge is -2.25. The van der Waals surface area contributed by atoms with Gasteiger partial charge in [0.25, 0.3) is 0 Å². The summed E-state index contributed by atoms with van der Waals surface area (Å²) in [6, 6.07) is 6.95. The van der Waals surface area contributed by atoms with Crippen LogP contribution in [0.4, 0.5) is 4.79 Å². The van der Waals surface area contributed by atoms with Crippen molar-refractivity contribution in [3.63, 3.8) is 0 Å². The molecule has 8 nitrogen and oxygen atoms in total. The Morgan fingerprint density at radius 1 is 1.04 bits per heavy atom. The molecule has 0 aliphatic rings. The van der Waals surface area contributed by atoms with Crippen molar-refractivity contribution in [3.05, 3.63) is 35.9 Å². The summed E-state index contributed by atoms with van der Waals surface area (Å²) in [6.07, 6.45) is -1.90. The van der Waals surface area contributed by atoms with Gasteiger partial charge in [-0.05, 0) is 18.4 Å². The summed E-state index contributed by atoms with van der Waals surface area (Å²) < 4.78 is 9.67. The molecule has 3 atom stereocenters. The molecule has 0 radical (unpaired) electrons. The number of methoxy groups -OCH3 is 1. The molecule has 2 amide bonds. The zero-order valence-corrected chi connectivity index (χ0v) is 15.4. The van der Waals surface area contributed by atoms with Crippen LogP contribution in [0.2, 0.25) is 0 Å². The lowest BCUT2D eigenvalue weighted by molar-refractivity contribution is -0.148. The third-order valence-electron chi connectivity index (χ3n) is 3.67. The molecule has 0 spiro atoms. The average molecular weight is 366 g/mol. The van der Waals surface area contributed by atoms with E-state index in [1.165, 1.54) is 6.92 Å². The van der Waals surface area contributed by atoms with E-state index in [0.29, 0.717) is 0 Å². The molecule has 8 heteroatoms. The molecular formula is C18H26N2O6. The first kappa shape index (κ1) is 21.4. The number of alkyl carbamates (subject to hydrolysis) is 1. The maximum atomic E-state index is 12.4. The molecule has 0 aliphatic carbocycles. The van der Waals surface area contributed by atoms with Crippen molar-refractivity contribution >= 4 is 18.0 Å².